The van der Waals surface area contributed by atoms with Crippen LogP contribution in [0.3, 0.4) is 0 Å². The van der Waals surface area contributed by atoms with E-state index in [1.54, 1.807) is 0 Å². The van der Waals surface area contributed by atoms with E-state index in [1.165, 1.54) is 0 Å². The molecule has 4 nitrogen and oxygen atoms in total. The third kappa shape index (κ3) is 3.23. The lowest BCUT2D eigenvalue weighted by molar-refractivity contribution is -0.126. The van der Waals surface area contributed by atoms with E-state index in [9.17, 15) is 0 Å². The highest BCUT2D eigenvalue weighted by molar-refractivity contribution is 4.83. The van der Waals surface area contributed by atoms with E-state index < -0.39 is 5.60 Å². The molecule has 1 rings (SSSR count). The number of hydrogen-bond donors (Lipinski definition) is 1. The van der Waals surface area contributed by atoms with Crippen LogP contribution in [0, 0.1) is 0 Å². The second-order valence-electron chi connectivity index (χ2n) is 3.66. The maximum atomic E-state index is 5.73. The van der Waals surface area contributed by atoms with E-state index in [-0.39, 0.29) is 6.10 Å². The molecule has 0 aliphatic carbocycles. The molecule has 0 amide bonds. The van der Waals surface area contributed by atoms with Gasteiger partial charge in [-0.2, -0.15) is 0 Å². The Balaban J connectivity index is 2.53. The molecule has 1 aliphatic rings. The van der Waals surface area contributed by atoms with Gasteiger partial charge in [-0.05, 0) is 13.8 Å². The van der Waals surface area contributed by atoms with E-state index in [1.807, 2.05) is 13.8 Å². The summed E-state index contributed by atoms with van der Waals surface area (Å²) in [6.07, 6.45) is 0.147. The minimum Gasteiger partial charge on any atom is -0.376 e. The molecule has 78 valence electrons. The highest BCUT2D eigenvalue weighted by Crippen LogP contribution is 2.16. The molecule has 0 spiro atoms. The van der Waals surface area contributed by atoms with Gasteiger partial charge in [-0.3, -0.25) is 0 Å². The Bertz CT molecular complexity index is 142. The highest BCUT2D eigenvalue weighted by Gasteiger charge is 2.33. The fraction of sp³-hybridized carbons (Fsp3) is 1.00. The summed E-state index contributed by atoms with van der Waals surface area (Å²) >= 11 is 0. The maximum Gasteiger partial charge on any atom is 0.127 e. The first-order valence-electron chi connectivity index (χ1n) is 4.72. The first kappa shape index (κ1) is 10.9. The second kappa shape index (κ2) is 4.91. The lowest BCUT2D eigenvalue weighted by Crippen LogP contribution is -2.49. The molecule has 1 aliphatic heterocycles. The zero-order valence-corrected chi connectivity index (χ0v) is 8.41. The van der Waals surface area contributed by atoms with Gasteiger partial charge in [0, 0.05) is 6.54 Å². The van der Waals surface area contributed by atoms with E-state index in [4.69, 9.17) is 19.9 Å². The average molecular weight is 189 g/mol. The van der Waals surface area contributed by atoms with Crippen molar-refractivity contribution in [2.24, 2.45) is 5.73 Å². The van der Waals surface area contributed by atoms with E-state index >= 15 is 0 Å². The summed E-state index contributed by atoms with van der Waals surface area (Å²) in [6.45, 7) is 6.73. The summed E-state index contributed by atoms with van der Waals surface area (Å²) in [5.41, 5.74) is 5.23. The molecule has 1 fully saturated rings. The molecule has 1 saturated heterocycles. The molecule has 0 aromatic rings. The molecule has 1 heterocycles. The van der Waals surface area contributed by atoms with Gasteiger partial charge in [-0.15, -0.1) is 0 Å². The number of hydrogen-bond acceptors (Lipinski definition) is 4. The van der Waals surface area contributed by atoms with Crippen LogP contribution in [0.2, 0.25) is 0 Å². The fourth-order valence-electron chi connectivity index (χ4n) is 1.41. The van der Waals surface area contributed by atoms with Gasteiger partial charge in [-0.25, -0.2) is 0 Å². The van der Waals surface area contributed by atoms with Gasteiger partial charge in [0.05, 0.1) is 32.5 Å². The Morgan fingerprint density at radius 1 is 1.31 bits per heavy atom. The topological polar surface area (TPSA) is 53.7 Å². The fourth-order valence-corrected chi connectivity index (χ4v) is 1.41. The summed E-state index contributed by atoms with van der Waals surface area (Å²) < 4.78 is 16.5. The van der Waals surface area contributed by atoms with Crippen molar-refractivity contribution in [2.75, 3.05) is 33.0 Å². The summed E-state index contributed by atoms with van der Waals surface area (Å²) in [6, 6.07) is 0. The van der Waals surface area contributed by atoms with Crippen molar-refractivity contribution in [2.45, 2.75) is 25.6 Å². The molecule has 2 N–H and O–H groups in total. The van der Waals surface area contributed by atoms with Gasteiger partial charge in [0.15, 0.2) is 0 Å². The SMILES string of the molecule is CC(C)OC1(CN)COCCOC1. The second-order valence-corrected chi connectivity index (χ2v) is 3.66. The predicted octanol–water partition coefficient (Wildman–Crippen LogP) is 0.156. The van der Waals surface area contributed by atoms with Gasteiger partial charge in [0.2, 0.25) is 0 Å². The van der Waals surface area contributed by atoms with Crippen LogP contribution in [-0.2, 0) is 14.2 Å². The summed E-state index contributed by atoms with van der Waals surface area (Å²) in [4.78, 5) is 0. The van der Waals surface area contributed by atoms with E-state index in [2.05, 4.69) is 0 Å². The smallest absolute Gasteiger partial charge is 0.127 e. The molecule has 0 saturated carbocycles. The molecule has 0 unspecified atom stereocenters. The molecule has 4 heteroatoms. The molecule has 0 bridgehead atoms. The third-order valence-corrected chi connectivity index (χ3v) is 1.96. The van der Waals surface area contributed by atoms with Crippen LogP contribution in [0.4, 0.5) is 0 Å². The van der Waals surface area contributed by atoms with Gasteiger partial charge < -0.3 is 19.9 Å². The van der Waals surface area contributed by atoms with Crippen molar-refractivity contribution in [1.29, 1.82) is 0 Å². The monoisotopic (exact) mass is 189 g/mol. The minimum absolute atomic E-state index is 0.147. The first-order valence-corrected chi connectivity index (χ1v) is 4.72. The lowest BCUT2D eigenvalue weighted by Gasteiger charge is -2.32. The predicted molar refractivity (Wildman–Crippen MR) is 49.6 cm³/mol. The van der Waals surface area contributed by atoms with Gasteiger partial charge in [0.1, 0.15) is 5.60 Å². The zero-order chi connectivity index (χ0) is 9.73. The number of ether oxygens (including phenoxy) is 3. The van der Waals surface area contributed by atoms with Crippen molar-refractivity contribution in [3.05, 3.63) is 0 Å². The van der Waals surface area contributed by atoms with Crippen LogP contribution in [0.15, 0.2) is 0 Å². The lowest BCUT2D eigenvalue weighted by atomic mass is 10.1. The van der Waals surface area contributed by atoms with Gasteiger partial charge >= 0.3 is 0 Å². The number of nitrogens with two attached hydrogens (primary N) is 1. The van der Waals surface area contributed by atoms with Crippen LogP contribution >= 0.6 is 0 Å². The Morgan fingerprint density at radius 2 is 1.85 bits per heavy atom. The zero-order valence-electron chi connectivity index (χ0n) is 8.41. The Labute approximate surface area is 79.3 Å². The molecule has 0 radical (unpaired) electrons. The van der Waals surface area contributed by atoms with Crippen molar-refractivity contribution < 1.29 is 14.2 Å². The summed E-state index contributed by atoms with van der Waals surface area (Å²) in [5.74, 6) is 0. The third-order valence-electron chi connectivity index (χ3n) is 1.96. The minimum atomic E-state index is -0.440. The maximum absolute atomic E-state index is 5.73. The Morgan fingerprint density at radius 3 is 2.23 bits per heavy atom. The van der Waals surface area contributed by atoms with E-state index in [0.29, 0.717) is 33.0 Å². The molecule has 13 heavy (non-hydrogen) atoms. The summed E-state index contributed by atoms with van der Waals surface area (Å²) in [5, 5.41) is 0. The average Bonchev–Trinajstić information content (AvgIpc) is 2.30. The van der Waals surface area contributed by atoms with Crippen LogP contribution < -0.4 is 5.73 Å². The summed E-state index contributed by atoms with van der Waals surface area (Å²) in [7, 11) is 0. The van der Waals surface area contributed by atoms with Crippen LogP contribution in [0.1, 0.15) is 13.8 Å². The largest absolute Gasteiger partial charge is 0.376 e. The first-order chi connectivity index (χ1) is 6.18. The van der Waals surface area contributed by atoms with Crippen molar-refractivity contribution in [1.82, 2.24) is 0 Å². The van der Waals surface area contributed by atoms with Crippen LogP contribution in [0.5, 0.6) is 0 Å². The van der Waals surface area contributed by atoms with Crippen molar-refractivity contribution >= 4 is 0 Å². The quantitative estimate of drug-likeness (QED) is 0.687. The molecular weight excluding hydrogens is 170 g/mol. The standard InChI is InChI=1S/C9H19NO3/c1-8(2)13-9(5-10)6-11-3-4-12-7-9/h8H,3-7,10H2,1-2H3. The molecule has 0 aromatic heterocycles. The number of rotatable bonds is 3. The molecular formula is C9H19NO3. The van der Waals surface area contributed by atoms with Crippen LogP contribution in [0.25, 0.3) is 0 Å². The Kier molecular flexibility index (Phi) is 4.12. The molecule has 0 aromatic carbocycles. The molecule has 0 atom stereocenters. The highest BCUT2D eigenvalue weighted by atomic mass is 16.6. The Hall–Kier alpha value is -0.160. The van der Waals surface area contributed by atoms with E-state index in [0.717, 1.165) is 0 Å². The van der Waals surface area contributed by atoms with Gasteiger partial charge in [-0.1, -0.05) is 0 Å². The van der Waals surface area contributed by atoms with Crippen molar-refractivity contribution in [3.63, 3.8) is 0 Å². The van der Waals surface area contributed by atoms with Crippen molar-refractivity contribution in [3.8, 4) is 0 Å². The van der Waals surface area contributed by atoms with Gasteiger partial charge in [0.25, 0.3) is 0 Å². The normalized spacial score (nSPS) is 23.1. The van der Waals surface area contributed by atoms with Crippen LogP contribution in [-0.4, -0.2) is 44.7 Å².